The van der Waals surface area contributed by atoms with Gasteiger partial charge in [-0.15, -0.1) is 0 Å². The quantitative estimate of drug-likeness (QED) is 0.734. The summed E-state index contributed by atoms with van der Waals surface area (Å²) in [5, 5.41) is 12.6. The van der Waals surface area contributed by atoms with Crippen LogP contribution in [0.25, 0.3) is 0 Å². The molecule has 2 atom stereocenters. The average Bonchev–Trinajstić information content (AvgIpc) is 2.30. The van der Waals surface area contributed by atoms with Crippen LogP contribution >= 0.6 is 0 Å². The number of rotatable bonds is 2. The van der Waals surface area contributed by atoms with Crippen molar-refractivity contribution in [2.75, 3.05) is 6.54 Å². The van der Waals surface area contributed by atoms with Crippen LogP contribution in [-0.2, 0) is 4.79 Å². The lowest BCUT2D eigenvalue weighted by Gasteiger charge is -2.37. The van der Waals surface area contributed by atoms with Crippen LogP contribution in [0, 0.1) is 11.8 Å². The average molecular weight is 211 g/mol. The number of aliphatic carboxylic acids is 1. The summed E-state index contributed by atoms with van der Waals surface area (Å²) in [5.74, 6) is -0.125. The van der Waals surface area contributed by atoms with Crippen molar-refractivity contribution >= 4 is 5.97 Å². The number of piperidine rings is 1. The summed E-state index contributed by atoms with van der Waals surface area (Å²) < 4.78 is 0. The Labute approximate surface area is 91.2 Å². The highest BCUT2D eigenvalue weighted by Crippen LogP contribution is 2.32. The van der Waals surface area contributed by atoms with Gasteiger partial charge in [0.1, 0.15) is 0 Å². The molecular weight excluding hydrogens is 190 g/mol. The first-order valence-electron chi connectivity index (χ1n) is 6.25. The van der Waals surface area contributed by atoms with Crippen molar-refractivity contribution in [1.29, 1.82) is 0 Å². The number of carboxylic acid groups (broad SMARTS) is 1. The molecule has 2 aliphatic rings. The molecule has 3 nitrogen and oxygen atoms in total. The lowest BCUT2D eigenvalue weighted by atomic mass is 9.76. The highest BCUT2D eigenvalue weighted by molar-refractivity contribution is 5.71. The Kier molecular flexibility index (Phi) is 3.62. The first kappa shape index (κ1) is 10.9. The molecule has 2 N–H and O–H groups in total. The van der Waals surface area contributed by atoms with E-state index in [-0.39, 0.29) is 12.0 Å². The fourth-order valence-corrected chi connectivity index (χ4v) is 3.18. The van der Waals surface area contributed by atoms with Crippen LogP contribution in [0.4, 0.5) is 0 Å². The normalized spacial score (nSPS) is 33.9. The maximum absolute atomic E-state index is 11.2. The molecule has 0 aromatic heterocycles. The van der Waals surface area contributed by atoms with Crippen molar-refractivity contribution < 1.29 is 9.90 Å². The van der Waals surface area contributed by atoms with Crippen LogP contribution in [-0.4, -0.2) is 23.7 Å². The fraction of sp³-hybridized carbons (Fsp3) is 0.917. The third kappa shape index (κ3) is 2.51. The second kappa shape index (κ2) is 4.97. The second-order valence-electron chi connectivity index (χ2n) is 4.96. The van der Waals surface area contributed by atoms with E-state index >= 15 is 0 Å². The summed E-state index contributed by atoms with van der Waals surface area (Å²) >= 11 is 0. The minimum atomic E-state index is -0.599. The van der Waals surface area contributed by atoms with Gasteiger partial charge in [-0.05, 0) is 38.1 Å². The van der Waals surface area contributed by atoms with E-state index < -0.39 is 5.97 Å². The number of nitrogens with one attached hydrogen (secondary N) is 1. The molecule has 0 aromatic rings. The zero-order valence-corrected chi connectivity index (χ0v) is 9.24. The first-order chi connectivity index (χ1) is 7.29. The lowest BCUT2D eigenvalue weighted by Crippen LogP contribution is -2.49. The van der Waals surface area contributed by atoms with E-state index in [1.54, 1.807) is 0 Å². The van der Waals surface area contributed by atoms with E-state index in [1.807, 2.05) is 0 Å². The molecule has 1 aliphatic heterocycles. The summed E-state index contributed by atoms with van der Waals surface area (Å²) in [6.45, 7) is 1.00. The first-order valence-corrected chi connectivity index (χ1v) is 6.25. The molecule has 1 aliphatic carbocycles. The van der Waals surface area contributed by atoms with Gasteiger partial charge in [0.25, 0.3) is 0 Å². The van der Waals surface area contributed by atoms with Crippen molar-refractivity contribution in [2.45, 2.75) is 51.0 Å². The molecule has 2 unspecified atom stereocenters. The Balaban J connectivity index is 1.99. The Hall–Kier alpha value is -0.570. The molecule has 0 spiro atoms. The Bertz CT molecular complexity index is 224. The van der Waals surface area contributed by atoms with Gasteiger partial charge in [-0.1, -0.05) is 19.3 Å². The van der Waals surface area contributed by atoms with Crippen LogP contribution in [0.1, 0.15) is 44.9 Å². The summed E-state index contributed by atoms with van der Waals surface area (Å²) in [7, 11) is 0. The Morgan fingerprint density at radius 3 is 2.47 bits per heavy atom. The molecule has 1 saturated heterocycles. The highest BCUT2D eigenvalue weighted by atomic mass is 16.4. The van der Waals surface area contributed by atoms with Crippen LogP contribution < -0.4 is 5.32 Å². The summed E-state index contributed by atoms with van der Waals surface area (Å²) in [5.41, 5.74) is 0. The van der Waals surface area contributed by atoms with Crippen LogP contribution in [0.2, 0.25) is 0 Å². The number of hydrogen-bond donors (Lipinski definition) is 2. The van der Waals surface area contributed by atoms with Crippen molar-refractivity contribution in [2.24, 2.45) is 11.8 Å². The predicted octanol–water partition coefficient (Wildman–Crippen LogP) is 2.02. The molecular formula is C12H21NO2. The zero-order chi connectivity index (χ0) is 10.7. The standard InChI is InChI=1S/C12H21NO2/c14-12(15)10-7-4-8-13-11(10)9-5-2-1-3-6-9/h9-11,13H,1-8H2,(H,14,15). The van der Waals surface area contributed by atoms with E-state index in [4.69, 9.17) is 0 Å². The van der Waals surface area contributed by atoms with Crippen molar-refractivity contribution in [1.82, 2.24) is 5.32 Å². The maximum Gasteiger partial charge on any atom is 0.308 e. The van der Waals surface area contributed by atoms with Gasteiger partial charge in [-0.25, -0.2) is 0 Å². The van der Waals surface area contributed by atoms with Gasteiger partial charge in [0.2, 0.25) is 0 Å². The van der Waals surface area contributed by atoms with Gasteiger partial charge < -0.3 is 10.4 Å². The number of carboxylic acids is 1. The molecule has 0 aromatic carbocycles. The van der Waals surface area contributed by atoms with Gasteiger partial charge in [0, 0.05) is 6.04 Å². The van der Waals surface area contributed by atoms with Gasteiger partial charge in [-0.2, -0.15) is 0 Å². The molecule has 1 heterocycles. The van der Waals surface area contributed by atoms with E-state index in [2.05, 4.69) is 5.32 Å². The van der Waals surface area contributed by atoms with E-state index in [9.17, 15) is 9.90 Å². The molecule has 1 saturated carbocycles. The highest BCUT2D eigenvalue weighted by Gasteiger charge is 2.36. The smallest absolute Gasteiger partial charge is 0.308 e. The topological polar surface area (TPSA) is 49.3 Å². The van der Waals surface area contributed by atoms with Crippen LogP contribution in [0.5, 0.6) is 0 Å². The van der Waals surface area contributed by atoms with Crippen molar-refractivity contribution in [3.05, 3.63) is 0 Å². The summed E-state index contributed by atoms with van der Waals surface area (Å²) in [4.78, 5) is 11.2. The molecule has 15 heavy (non-hydrogen) atoms. The molecule has 2 rings (SSSR count). The van der Waals surface area contributed by atoms with Gasteiger partial charge in [0.05, 0.1) is 5.92 Å². The zero-order valence-electron chi connectivity index (χ0n) is 9.24. The molecule has 86 valence electrons. The van der Waals surface area contributed by atoms with Gasteiger partial charge in [0.15, 0.2) is 0 Å². The largest absolute Gasteiger partial charge is 0.481 e. The molecule has 2 fully saturated rings. The maximum atomic E-state index is 11.2. The van der Waals surface area contributed by atoms with Crippen LogP contribution in [0.3, 0.4) is 0 Å². The molecule has 0 amide bonds. The SMILES string of the molecule is O=C(O)C1CCCNC1C1CCCCC1. The minimum Gasteiger partial charge on any atom is -0.481 e. The van der Waals surface area contributed by atoms with Gasteiger partial charge in [-0.3, -0.25) is 4.79 Å². The van der Waals surface area contributed by atoms with E-state index in [0.717, 1.165) is 19.4 Å². The Morgan fingerprint density at radius 1 is 1.07 bits per heavy atom. The lowest BCUT2D eigenvalue weighted by molar-refractivity contribution is -0.144. The minimum absolute atomic E-state index is 0.137. The molecule has 0 radical (unpaired) electrons. The second-order valence-corrected chi connectivity index (χ2v) is 4.96. The molecule has 3 heteroatoms. The summed E-state index contributed by atoms with van der Waals surface area (Å²) in [6.07, 6.45) is 8.23. The molecule has 0 bridgehead atoms. The van der Waals surface area contributed by atoms with Crippen LogP contribution in [0.15, 0.2) is 0 Å². The predicted molar refractivity (Wildman–Crippen MR) is 58.7 cm³/mol. The van der Waals surface area contributed by atoms with Crippen molar-refractivity contribution in [3.63, 3.8) is 0 Å². The third-order valence-electron chi connectivity index (χ3n) is 3.98. The number of carbonyl (C=O) groups is 1. The number of hydrogen-bond acceptors (Lipinski definition) is 2. The van der Waals surface area contributed by atoms with Crippen molar-refractivity contribution in [3.8, 4) is 0 Å². The van der Waals surface area contributed by atoms with E-state index in [1.165, 1.54) is 32.1 Å². The Morgan fingerprint density at radius 2 is 1.80 bits per heavy atom. The summed E-state index contributed by atoms with van der Waals surface area (Å²) in [6, 6.07) is 0.247. The third-order valence-corrected chi connectivity index (χ3v) is 3.98. The van der Waals surface area contributed by atoms with E-state index in [0.29, 0.717) is 5.92 Å². The monoisotopic (exact) mass is 211 g/mol. The fourth-order valence-electron chi connectivity index (χ4n) is 3.18. The van der Waals surface area contributed by atoms with Gasteiger partial charge >= 0.3 is 5.97 Å².